The molecule has 0 saturated heterocycles. The lowest BCUT2D eigenvalue weighted by Gasteiger charge is -2.39. The molecule has 0 unspecified atom stereocenters. The number of nitrogens with one attached hydrogen (secondary N) is 2. The highest BCUT2D eigenvalue weighted by Crippen LogP contribution is 2.55. The number of hydrogen-bond acceptors (Lipinski definition) is 3. The number of alkyl carbamates (subject to hydrolysis) is 1. The minimum Gasteiger partial charge on any atom is -0.444 e. The van der Waals surface area contributed by atoms with Gasteiger partial charge in [-0.05, 0) is 46.0 Å². The van der Waals surface area contributed by atoms with Crippen molar-refractivity contribution in [2.45, 2.75) is 51.2 Å². The Morgan fingerprint density at radius 1 is 1.22 bits per heavy atom. The molecule has 0 radical (unpaired) electrons. The Morgan fingerprint density at radius 3 is 2.33 bits per heavy atom. The van der Waals surface area contributed by atoms with Gasteiger partial charge in [-0.3, -0.25) is 4.79 Å². The van der Waals surface area contributed by atoms with Crippen LogP contribution in [-0.2, 0) is 9.53 Å². The first kappa shape index (κ1) is 13.2. The lowest BCUT2D eigenvalue weighted by Crippen LogP contribution is -2.53. The molecule has 3 aliphatic carbocycles. The van der Waals surface area contributed by atoms with Crippen LogP contribution < -0.4 is 10.6 Å². The maximum atomic E-state index is 11.8. The van der Waals surface area contributed by atoms with E-state index >= 15 is 0 Å². The van der Waals surface area contributed by atoms with Crippen LogP contribution in [0.2, 0.25) is 0 Å². The Labute approximate surface area is 108 Å². The van der Waals surface area contributed by atoms with E-state index in [1.165, 1.54) is 0 Å². The predicted octanol–water partition coefficient (Wildman–Crippen LogP) is 1.43. The van der Waals surface area contributed by atoms with E-state index < -0.39 is 5.60 Å². The molecule has 2 amide bonds. The third-order valence-corrected chi connectivity index (χ3v) is 3.83. The van der Waals surface area contributed by atoms with E-state index in [1.54, 1.807) is 7.05 Å². The van der Waals surface area contributed by atoms with Crippen molar-refractivity contribution < 1.29 is 14.3 Å². The number of ether oxygens (including phenoxy) is 1. The van der Waals surface area contributed by atoms with E-state index in [0.29, 0.717) is 5.92 Å². The minimum atomic E-state index is -0.483. The molecule has 2 bridgehead atoms. The largest absolute Gasteiger partial charge is 0.444 e. The van der Waals surface area contributed by atoms with E-state index in [2.05, 4.69) is 10.6 Å². The molecular weight excluding hydrogens is 232 g/mol. The van der Waals surface area contributed by atoms with Gasteiger partial charge in [-0.1, -0.05) is 0 Å². The highest BCUT2D eigenvalue weighted by atomic mass is 16.6. The first-order valence-electron chi connectivity index (χ1n) is 6.47. The SMILES string of the molecule is CNC(=O)[C@H]1CC2(NC(=O)OC(C)(C)C)CC1C2. The molecule has 3 aliphatic rings. The Balaban J connectivity index is 1.90. The van der Waals surface area contributed by atoms with Crippen molar-refractivity contribution >= 4 is 12.0 Å². The van der Waals surface area contributed by atoms with Gasteiger partial charge < -0.3 is 15.4 Å². The smallest absolute Gasteiger partial charge is 0.408 e. The Bertz CT molecular complexity index is 367. The van der Waals surface area contributed by atoms with Gasteiger partial charge in [0.25, 0.3) is 0 Å². The molecule has 5 nitrogen and oxygen atoms in total. The molecule has 0 heterocycles. The fourth-order valence-electron chi connectivity index (χ4n) is 3.15. The van der Waals surface area contributed by atoms with Crippen LogP contribution in [0.4, 0.5) is 4.79 Å². The van der Waals surface area contributed by atoms with E-state index in [0.717, 1.165) is 19.3 Å². The average molecular weight is 254 g/mol. The van der Waals surface area contributed by atoms with Gasteiger partial charge in [0.15, 0.2) is 0 Å². The van der Waals surface area contributed by atoms with Crippen LogP contribution in [-0.4, -0.2) is 30.2 Å². The Morgan fingerprint density at radius 2 is 1.83 bits per heavy atom. The Hall–Kier alpha value is -1.26. The van der Waals surface area contributed by atoms with Crippen LogP contribution in [0.15, 0.2) is 0 Å². The van der Waals surface area contributed by atoms with Gasteiger partial charge in [0.05, 0.1) is 0 Å². The van der Waals surface area contributed by atoms with Crippen molar-refractivity contribution in [3.8, 4) is 0 Å². The lowest BCUT2D eigenvalue weighted by molar-refractivity contribution is -0.125. The summed E-state index contributed by atoms with van der Waals surface area (Å²) in [6.07, 6.45) is 2.14. The minimum absolute atomic E-state index is 0.0462. The van der Waals surface area contributed by atoms with Gasteiger partial charge in [-0.2, -0.15) is 0 Å². The van der Waals surface area contributed by atoms with Crippen molar-refractivity contribution in [3.05, 3.63) is 0 Å². The van der Waals surface area contributed by atoms with E-state index in [-0.39, 0.29) is 23.5 Å². The Kier molecular flexibility index (Phi) is 3.03. The summed E-state index contributed by atoms with van der Waals surface area (Å²) >= 11 is 0. The summed E-state index contributed by atoms with van der Waals surface area (Å²) < 4.78 is 5.26. The van der Waals surface area contributed by atoms with Crippen molar-refractivity contribution in [2.24, 2.45) is 11.8 Å². The molecule has 2 N–H and O–H groups in total. The summed E-state index contributed by atoms with van der Waals surface area (Å²) in [5, 5.41) is 5.64. The maximum Gasteiger partial charge on any atom is 0.408 e. The fraction of sp³-hybridized carbons (Fsp3) is 0.846. The second-order valence-electron chi connectivity index (χ2n) is 6.50. The number of rotatable bonds is 2. The van der Waals surface area contributed by atoms with Crippen LogP contribution in [0.25, 0.3) is 0 Å². The lowest BCUT2D eigenvalue weighted by atomic mass is 9.76. The molecule has 0 aromatic heterocycles. The summed E-state index contributed by atoms with van der Waals surface area (Å²) in [5.41, 5.74) is -0.688. The maximum absolute atomic E-state index is 11.8. The molecule has 5 heteroatoms. The zero-order valence-corrected chi connectivity index (χ0v) is 11.5. The standard InChI is InChI=1S/C13H22N2O3/c1-12(2,3)18-11(17)15-13-5-8(6-13)9(7-13)10(16)14-4/h8-9H,5-7H2,1-4H3,(H,14,16)(H,15,17)/t8?,9-,13?/m0/s1. The zero-order valence-electron chi connectivity index (χ0n) is 11.5. The van der Waals surface area contributed by atoms with Gasteiger partial charge in [0.1, 0.15) is 5.60 Å². The van der Waals surface area contributed by atoms with Crippen molar-refractivity contribution in [3.63, 3.8) is 0 Å². The summed E-state index contributed by atoms with van der Waals surface area (Å²) in [5.74, 6) is 0.551. The average Bonchev–Trinajstić information content (AvgIpc) is 2.67. The monoisotopic (exact) mass is 254 g/mol. The van der Waals surface area contributed by atoms with Crippen LogP contribution >= 0.6 is 0 Å². The number of carbonyl (C=O) groups excluding carboxylic acids is 2. The highest BCUT2D eigenvalue weighted by molar-refractivity contribution is 5.80. The van der Waals surface area contributed by atoms with Gasteiger partial charge >= 0.3 is 6.09 Å². The third kappa shape index (κ3) is 2.44. The van der Waals surface area contributed by atoms with E-state index in [1.807, 2.05) is 20.8 Å². The molecule has 0 aliphatic heterocycles. The molecule has 0 aromatic carbocycles. The summed E-state index contributed by atoms with van der Waals surface area (Å²) in [7, 11) is 1.66. The molecule has 3 fully saturated rings. The second-order valence-corrected chi connectivity index (χ2v) is 6.50. The van der Waals surface area contributed by atoms with E-state index in [9.17, 15) is 9.59 Å². The first-order valence-corrected chi connectivity index (χ1v) is 6.47. The normalized spacial score (nSPS) is 33.6. The summed E-state index contributed by atoms with van der Waals surface area (Å²) in [6.45, 7) is 5.53. The van der Waals surface area contributed by atoms with Gasteiger partial charge in [0, 0.05) is 18.5 Å². The number of fused-ring (bicyclic) bond motifs is 1. The van der Waals surface area contributed by atoms with Crippen LogP contribution in [0.3, 0.4) is 0 Å². The first-order chi connectivity index (χ1) is 8.25. The molecule has 102 valence electrons. The third-order valence-electron chi connectivity index (χ3n) is 3.83. The molecule has 18 heavy (non-hydrogen) atoms. The molecular formula is C13H22N2O3. The topological polar surface area (TPSA) is 67.4 Å². The summed E-state index contributed by atoms with van der Waals surface area (Å²) in [6, 6.07) is 0. The molecule has 0 aromatic rings. The zero-order chi connectivity index (χ0) is 13.6. The predicted molar refractivity (Wildman–Crippen MR) is 67.0 cm³/mol. The molecule has 0 spiro atoms. The highest BCUT2D eigenvalue weighted by Gasteiger charge is 2.59. The molecule has 1 atom stereocenters. The summed E-state index contributed by atoms with van der Waals surface area (Å²) in [4.78, 5) is 23.4. The second kappa shape index (κ2) is 4.14. The van der Waals surface area contributed by atoms with Crippen molar-refractivity contribution in [1.82, 2.24) is 10.6 Å². The number of amides is 2. The van der Waals surface area contributed by atoms with Crippen LogP contribution in [0, 0.1) is 11.8 Å². The van der Waals surface area contributed by atoms with Crippen molar-refractivity contribution in [2.75, 3.05) is 7.05 Å². The van der Waals surface area contributed by atoms with Crippen molar-refractivity contribution in [1.29, 1.82) is 0 Å². The van der Waals surface area contributed by atoms with Gasteiger partial charge in [0.2, 0.25) is 5.91 Å². The van der Waals surface area contributed by atoms with Gasteiger partial charge in [-0.15, -0.1) is 0 Å². The van der Waals surface area contributed by atoms with Crippen LogP contribution in [0.1, 0.15) is 40.0 Å². The van der Waals surface area contributed by atoms with Crippen LogP contribution in [0.5, 0.6) is 0 Å². The molecule has 3 rings (SSSR count). The van der Waals surface area contributed by atoms with Gasteiger partial charge in [-0.25, -0.2) is 4.79 Å². The van der Waals surface area contributed by atoms with E-state index in [4.69, 9.17) is 4.74 Å². The fourth-order valence-corrected chi connectivity index (χ4v) is 3.15. The quantitative estimate of drug-likeness (QED) is 0.783. The number of hydrogen-bond donors (Lipinski definition) is 2. The number of carbonyl (C=O) groups is 2. The molecule has 3 saturated carbocycles.